The van der Waals surface area contributed by atoms with Gasteiger partial charge in [-0.2, -0.15) is 0 Å². The molecule has 1 heterocycles. The Morgan fingerprint density at radius 3 is 2.62 bits per heavy atom. The molecule has 0 aliphatic heterocycles. The third-order valence-electron chi connectivity index (χ3n) is 2.71. The van der Waals surface area contributed by atoms with E-state index < -0.39 is 0 Å². The highest BCUT2D eigenvalue weighted by Crippen LogP contribution is 2.15. The van der Waals surface area contributed by atoms with Crippen molar-refractivity contribution in [2.24, 2.45) is 0 Å². The minimum atomic E-state index is 0.473. The average molecular weight is 221 g/mol. The predicted octanol–water partition coefficient (Wildman–Crippen LogP) is 2.34. The van der Waals surface area contributed by atoms with Crippen molar-refractivity contribution < 1.29 is 0 Å². The molecule has 0 saturated heterocycles. The van der Waals surface area contributed by atoms with Crippen LogP contribution in [0.4, 0.5) is 5.82 Å². The van der Waals surface area contributed by atoms with E-state index in [0.717, 1.165) is 24.6 Å². The van der Waals surface area contributed by atoms with Crippen molar-refractivity contribution in [3.63, 3.8) is 0 Å². The lowest BCUT2D eigenvalue weighted by Gasteiger charge is -2.23. The molecule has 0 bridgehead atoms. The van der Waals surface area contributed by atoms with Gasteiger partial charge in [-0.25, -0.2) is 4.98 Å². The van der Waals surface area contributed by atoms with Gasteiger partial charge in [0, 0.05) is 25.3 Å². The molecule has 0 aliphatic carbocycles. The minimum Gasteiger partial charge on any atom is -0.357 e. The van der Waals surface area contributed by atoms with E-state index >= 15 is 0 Å². The standard InChI is InChI=1S/C13H23N3/c1-6-14-9-12-7-11(4)15-13(8-12)16(5)10(2)3/h7-8,10,14H,6,9H2,1-5H3. The van der Waals surface area contributed by atoms with Crippen LogP contribution in [0.2, 0.25) is 0 Å². The Hall–Kier alpha value is -1.09. The summed E-state index contributed by atoms with van der Waals surface area (Å²) in [6.45, 7) is 10.4. The van der Waals surface area contributed by atoms with Crippen molar-refractivity contribution in [3.05, 3.63) is 23.4 Å². The molecule has 3 heteroatoms. The Labute approximate surface area is 98.9 Å². The van der Waals surface area contributed by atoms with Crippen LogP contribution in [0.3, 0.4) is 0 Å². The summed E-state index contributed by atoms with van der Waals surface area (Å²) in [5.41, 5.74) is 2.38. The fourth-order valence-electron chi connectivity index (χ4n) is 1.54. The van der Waals surface area contributed by atoms with Crippen molar-refractivity contribution in [3.8, 4) is 0 Å². The number of pyridine rings is 1. The number of hydrogen-bond donors (Lipinski definition) is 1. The molecule has 3 nitrogen and oxygen atoms in total. The lowest BCUT2D eigenvalue weighted by Crippen LogP contribution is -2.27. The smallest absolute Gasteiger partial charge is 0.129 e. The molecule has 16 heavy (non-hydrogen) atoms. The highest BCUT2D eigenvalue weighted by molar-refractivity contribution is 5.42. The first-order valence-electron chi connectivity index (χ1n) is 5.95. The van der Waals surface area contributed by atoms with Crippen LogP contribution < -0.4 is 10.2 Å². The molecule has 0 atom stereocenters. The summed E-state index contributed by atoms with van der Waals surface area (Å²) in [4.78, 5) is 6.76. The van der Waals surface area contributed by atoms with Gasteiger partial charge in [-0.1, -0.05) is 6.92 Å². The number of nitrogens with one attached hydrogen (secondary N) is 1. The maximum absolute atomic E-state index is 4.56. The second-order valence-electron chi connectivity index (χ2n) is 4.46. The molecular weight excluding hydrogens is 198 g/mol. The molecule has 0 saturated carbocycles. The topological polar surface area (TPSA) is 28.2 Å². The van der Waals surface area contributed by atoms with E-state index in [9.17, 15) is 0 Å². The summed E-state index contributed by atoms with van der Waals surface area (Å²) in [6, 6.07) is 4.77. The molecule has 0 amide bonds. The second kappa shape index (κ2) is 5.85. The zero-order valence-electron chi connectivity index (χ0n) is 11.0. The zero-order valence-corrected chi connectivity index (χ0v) is 11.0. The summed E-state index contributed by atoms with van der Waals surface area (Å²) in [5.74, 6) is 1.06. The van der Waals surface area contributed by atoms with E-state index in [1.165, 1.54) is 5.56 Å². The van der Waals surface area contributed by atoms with Crippen LogP contribution in [-0.2, 0) is 6.54 Å². The fourth-order valence-corrected chi connectivity index (χ4v) is 1.54. The van der Waals surface area contributed by atoms with Gasteiger partial charge in [0.05, 0.1) is 0 Å². The molecule has 0 fully saturated rings. The van der Waals surface area contributed by atoms with Crippen LogP contribution in [0.1, 0.15) is 32.0 Å². The molecule has 0 unspecified atom stereocenters. The van der Waals surface area contributed by atoms with Crippen molar-refractivity contribution >= 4 is 5.82 Å². The molecule has 1 aromatic rings. The molecule has 0 radical (unpaired) electrons. The Kier molecular flexibility index (Phi) is 4.74. The Balaban J connectivity index is 2.89. The van der Waals surface area contributed by atoms with E-state index in [0.29, 0.717) is 6.04 Å². The van der Waals surface area contributed by atoms with Gasteiger partial charge < -0.3 is 10.2 Å². The zero-order chi connectivity index (χ0) is 12.1. The SMILES string of the molecule is CCNCc1cc(C)nc(N(C)C(C)C)c1. The van der Waals surface area contributed by atoms with Crippen molar-refractivity contribution in [2.45, 2.75) is 40.3 Å². The molecule has 0 aromatic carbocycles. The lowest BCUT2D eigenvalue weighted by atomic mass is 10.2. The fraction of sp³-hybridized carbons (Fsp3) is 0.615. The summed E-state index contributed by atoms with van der Waals surface area (Å²) >= 11 is 0. The first-order valence-corrected chi connectivity index (χ1v) is 5.95. The molecule has 1 N–H and O–H groups in total. The maximum atomic E-state index is 4.56. The number of rotatable bonds is 5. The molecule has 0 aliphatic rings. The van der Waals surface area contributed by atoms with Crippen LogP contribution >= 0.6 is 0 Å². The first kappa shape index (κ1) is 13.0. The number of anilines is 1. The minimum absolute atomic E-state index is 0.473. The van der Waals surface area contributed by atoms with Crippen LogP contribution in [-0.4, -0.2) is 24.6 Å². The van der Waals surface area contributed by atoms with Crippen LogP contribution in [0.5, 0.6) is 0 Å². The van der Waals surface area contributed by atoms with E-state index in [1.807, 2.05) is 6.92 Å². The largest absolute Gasteiger partial charge is 0.357 e. The summed E-state index contributed by atoms with van der Waals surface area (Å²) in [7, 11) is 2.09. The third kappa shape index (κ3) is 3.49. The molecule has 90 valence electrons. The molecule has 1 aromatic heterocycles. The normalized spacial score (nSPS) is 10.9. The Bertz CT molecular complexity index is 334. The predicted molar refractivity (Wildman–Crippen MR) is 69.9 cm³/mol. The van der Waals surface area contributed by atoms with E-state index in [-0.39, 0.29) is 0 Å². The van der Waals surface area contributed by atoms with Gasteiger partial charge in [-0.05, 0) is 45.0 Å². The average Bonchev–Trinajstić information content (AvgIpc) is 2.24. The molecule has 1 rings (SSSR count). The van der Waals surface area contributed by atoms with Crippen LogP contribution in [0.15, 0.2) is 12.1 Å². The Morgan fingerprint density at radius 2 is 2.06 bits per heavy atom. The molecular formula is C13H23N3. The number of aromatic nitrogens is 1. The van der Waals surface area contributed by atoms with E-state index in [1.54, 1.807) is 0 Å². The quantitative estimate of drug-likeness (QED) is 0.827. The van der Waals surface area contributed by atoms with Crippen LogP contribution in [0, 0.1) is 6.92 Å². The number of hydrogen-bond acceptors (Lipinski definition) is 3. The first-order chi connectivity index (χ1) is 7.54. The van der Waals surface area contributed by atoms with Gasteiger partial charge in [-0.3, -0.25) is 0 Å². The van der Waals surface area contributed by atoms with Crippen molar-refractivity contribution in [1.82, 2.24) is 10.3 Å². The van der Waals surface area contributed by atoms with E-state index in [2.05, 4.69) is 55.2 Å². The monoisotopic (exact) mass is 221 g/mol. The van der Waals surface area contributed by atoms with Gasteiger partial charge in [0.2, 0.25) is 0 Å². The summed E-state index contributed by atoms with van der Waals surface area (Å²) in [6.07, 6.45) is 0. The lowest BCUT2D eigenvalue weighted by molar-refractivity contribution is 0.716. The maximum Gasteiger partial charge on any atom is 0.129 e. The highest BCUT2D eigenvalue weighted by atomic mass is 15.2. The van der Waals surface area contributed by atoms with E-state index in [4.69, 9.17) is 0 Å². The van der Waals surface area contributed by atoms with Gasteiger partial charge in [-0.15, -0.1) is 0 Å². The molecule has 0 spiro atoms. The third-order valence-corrected chi connectivity index (χ3v) is 2.71. The van der Waals surface area contributed by atoms with Crippen molar-refractivity contribution in [1.29, 1.82) is 0 Å². The van der Waals surface area contributed by atoms with Crippen LogP contribution in [0.25, 0.3) is 0 Å². The van der Waals surface area contributed by atoms with Gasteiger partial charge >= 0.3 is 0 Å². The van der Waals surface area contributed by atoms with Crippen molar-refractivity contribution in [2.75, 3.05) is 18.5 Å². The Morgan fingerprint density at radius 1 is 1.38 bits per heavy atom. The number of aryl methyl sites for hydroxylation is 1. The van der Waals surface area contributed by atoms with Gasteiger partial charge in [0.15, 0.2) is 0 Å². The second-order valence-corrected chi connectivity index (χ2v) is 4.46. The summed E-state index contributed by atoms with van der Waals surface area (Å²) in [5, 5.41) is 3.34. The summed E-state index contributed by atoms with van der Waals surface area (Å²) < 4.78 is 0. The van der Waals surface area contributed by atoms with Gasteiger partial charge in [0.1, 0.15) is 5.82 Å². The highest BCUT2D eigenvalue weighted by Gasteiger charge is 2.08. The van der Waals surface area contributed by atoms with Gasteiger partial charge in [0.25, 0.3) is 0 Å². The number of nitrogens with zero attached hydrogens (tertiary/aromatic N) is 2.